The van der Waals surface area contributed by atoms with Gasteiger partial charge in [0, 0.05) is 17.1 Å². The predicted octanol–water partition coefficient (Wildman–Crippen LogP) is 4.04. The Labute approximate surface area is 146 Å². The minimum atomic E-state index is -0.334. The van der Waals surface area contributed by atoms with Gasteiger partial charge in [-0.25, -0.2) is 4.39 Å². The summed E-state index contributed by atoms with van der Waals surface area (Å²) < 4.78 is 15.7. The molecular weight excluding hydrogens is 335 g/mol. The molecule has 0 aliphatic rings. The van der Waals surface area contributed by atoms with Crippen molar-refractivity contribution in [1.29, 1.82) is 0 Å². The number of aryl methyl sites for hydroxylation is 1. The van der Waals surface area contributed by atoms with Gasteiger partial charge in [0.25, 0.3) is 0 Å². The first kappa shape index (κ1) is 17.7. The number of aromatic nitrogens is 2. The zero-order valence-electron chi connectivity index (χ0n) is 13.4. The van der Waals surface area contributed by atoms with E-state index in [9.17, 15) is 4.39 Å². The Kier molecular flexibility index (Phi) is 5.96. The van der Waals surface area contributed by atoms with Gasteiger partial charge in [0.1, 0.15) is 5.82 Å². The summed E-state index contributed by atoms with van der Waals surface area (Å²) in [5, 5.41) is 11.7. The van der Waals surface area contributed by atoms with E-state index in [4.69, 9.17) is 23.8 Å². The van der Waals surface area contributed by atoms with Crippen molar-refractivity contribution in [1.82, 2.24) is 15.1 Å². The molecule has 0 saturated carbocycles. The van der Waals surface area contributed by atoms with Crippen LogP contribution in [0.3, 0.4) is 0 Å². The van der Waals surface area contributed by atoms with E-state index in [2.05, 4.69) is 22.7 Å². The van der Waals surface area contributed by atoms with Gasteiger partial charge in [-0.1, -0.05) is 24.6 Å². The molecule has 124 valence electrons. The monoisotopic (exact) mass is 354 g/mol. The highest BCUT2D eigenvalue weighted by molar-refractivity contribution is 7.80. The van der Waals surface area contributed by atoms with Crippen molar-refractivity contribution in [3.63, 3.8) is 0 Å². The van der Waals surface area contributed by atoms with Crippen molar-refractivity contribution < 1.29 is 4.39 Å². The summed E-state index contributed by atoms with van der Waals surface area (Å²) in [6.45, 7) is 6.96. The van der Waals surface area contributed by atoms with Crippen LogP contribution in [0.1, 0.15) is 30.3 Å². The van der Waals surface area contributed by atoms with E-state index in [1.807, 2.05) is 13.8 Å². The Morgan fingerprint density at radius 2 is 2.13 bits per heavy atom. The number of rotatable bonds is 5. The normalized spacial score (nSPS) is 10.7. The molecule has 0 aliphatic heterocycles. The molecule has 1 aromatic heterocycles. The molecule has 0 saturated heterocycles. The zero-order valence-corrected chi connectivity index (χ0v) is 15.0. The van der Waals surface area contributed by atoms with Crippen LogP contribution in [-0.4, -0.2) is 21.4 Å². The Morgan fingerprint density at radius 1 is 1.39 bits per heavy atom. The Balaban J connectivity index is 2.22. The van der Waals surface area contributed by atoms with Crippen LogP contribution in [0, 0.1) is 19.7 Å². The fourth-order valence-corrected chi connectivity index (χ4v) is 2.69. The summed E-state index contributed by atoms with van der Waals surface area (Å²) >= 11 is 11.4. The van der Waals surface area contributed by atoms with Crippen LogP contribution in [0.15, 0.2) is 18.2 Å². The van der Waals surface area contributed by atoms with Crippen molar-refractivity contribution in [3.05, 3.63) is 46.0 Å². The van der Waals surface area contributed by atoms with E-state index >= 15 is 0 Å². The van der Waals surface area contributed by atoms with Crippen LogP contribution in [0.25, 0.3) is 0 Å². The van der Waals surface area contributed by atoms with Crippen molar-refractivity contribution in [2.75, 3.05) is 11.9 Å². The van der Waals surface area contributed by atoms with Crippen molar-refractivity contribution in [3.8, 4) is 0 Å². The van der Waals surface area contributed by atoms with Gasteiger partial charge in [-0.05, 0) is 44.6 Å². The first-order valence-electron chi connectivity index (χ1n) is 7.45. The number of nitrogens with zero attached hydrogens (tertiary/aromatic N) is 2. The minimum Gasteiger partial charge on any atom is -0.362 e. The first-order chi connectivity index (χ1) is 10.9. The number of halogens is 2. The molecule has 2 N–H and O–H groups in total. The third-order valence-electron chi connectivity index (χ3n) is 3.53. The molecule has 7 heteroatoms. The third-order valence-corrected chi connectivity index (χ3v) is 4.13. The third kappa shape index (κ3) is 4.20. The SMILES string of the molecule is CCCNC(=S)Nc1c(C)nn(Cc2c(F)cccc2Cl)c1C. The van der Waals surface area contributed by atoms with Crippen molar-refractivity contribution in [2.24, 2.45) is 0 Å². The van der Waals surface area contributed by atoms with E-state index in [0.29, 0.717) is 15.7 Å². The second kappa shape index (κ2) is 7.75. The summed E-state index contributed by atoms with van der Waals surface area (Å²) in [5.74, 6) is -0.334. The summed E-state index contributed by atoms with van der Waals surface area (Å²) in [5.41, 5.74) is 2.95. The molecule has 0 fully saturated rings. The molecule has 0 aliphatic carbocycles. The highest BCUT2D eigenvalue weighted by Crippen LogP contribution is 2.24. The van der Waals surface area contributed by atoms with Crippen LogP contribution in [0.5, 0.6) is 0 Å². The standard InChI is InChI=1S/C16H20ClFN4S/c1-4-8-19-16(23)20-15-10(2)21-22(11(15)3)9-12-13(17)6-5-7-14(12)18/h5-7H,4,8-9H2,1-3H3,(H2,19,20,23). The molecule has 23 heavy (non-hydrogen) atoms. The minimum absolute atomic E-state index is 0.273. The van der Waals surface area contributed by atoms with Gasteiger partial charge in [0.05, 0.1) is 23.6 Å². The predicted molar refractivity (Wildman–Crippen MR) is 96.7 cm³/mol. The smallest absolute Gasteiger partial charge is 0.170 e. The van der Waals surface area contributed by atoms with Gasteiger partial charge in [-0.15, -0.1) is 0 Å². The molecule has 0 unspecified atom stereocenters. The fraction of sp³-hybridized carbons (Fsp3) is 0.375. The van der Waals surface area contributed by atoms with E-state index in [-0.39, 0.29) is 12.4 Å². The maximum atomic E-state index is 14.0. The van der Waals surface area contributed by atoms with Crippen LogP contribution in [0.4, 0.5) is 10.1 Å². The Morgan fingerprint density at radius 3 is 2.78 bits per heavy atom. The van der Waals surface area contributed by atoms with Crippen molar-refractivity contribution in [2.45, 2.75) is 33.7 Å². The second-order valence-corrected chi connectivity index (χ2v) is 6.10. The maximum Gasteiger partial charge on any atom is 0.170 e. The van der Waals surface area contributed by atoms with Crippen LogP contribution >= 0.6 is 23.8 Å². The van der Waals surface area contributed by atoms with E-state index in [1.54, 1.807) is 16.8 Å². The lowest BCUT2D eigenvalue weighted by Crippen LogP contribution is -2.29. The highest BCUT2D eigenvalue weighted by atomic mass is 35.5. The van der Waals surface area contributed by atoms with Crippen LogP contribution in [-0.2, 0) is 6.54 Å². The molecule has 2 rings (SSSR count). The van der Waals surface area contributed by atoms with Crippen molar-refractivity contribution >= 4 is 34.6 Å². The Bertz CT molecular complexity index is 694. The Hall–Kier alpha value is -1.66. The molecule has 4 nitrogen and oxygen atoms in total. The summed E-state index contributed by atoms with van der Waals surface area (Å²) in [7, 11) is 0. The quantitative estimate of drug-likeness (QED) is 0.795. The maximum absolute atomic E-state index is 14.0. The van der Waals surface area contributed by atoms with E-state index in [1.165, 1.54) is 6.07 Å². The molecule has 0 radical (unpaired) electrons. The summed E-state index contributed by atoms with van der Waals surface area (Å²) in [6.07, 6.45) is 0.991. The molecule has 0 atom stereocenters. The fourth-order valence-electron chi connectivity index (χ4n) is 2.26. The lowest BCUT2D eigenvalue weighted by Gasteiger charge is -2.11. The van der Waals surface area contributed by atoms with E-state index in [0.717, 1.165) is 30.0 Å². The van der Waals surface area contributed by atoms with Gasteiger partial charge < -0.3 is 10.6 Å². The topological polar surface area (TPSA) is 41.9 Å². The first-order valence-corrected chi connectivity index (χ1v) is 8.24. The molecule has 2 aromatic rings. The van der Waals surface area contributed by atoms with Gasteiger partial charge >= 0.3 is 0 Å². The zero-order chi connectivity index (χ0) is 17.0. The van der Waals surface area contributed by atoms with Crippen LogP contribution < -0.4 is 10.6 Å². The average molecular weight is 355 g/mol. The molecule has 0 bridgehead atoms. The molecule has 0 amide bonds. The lowest BCUT2D eigenvalue weighted by atomic mass is 10.2. The summed E-state index contributed by atoms with van der Waals surface area (Å²) in [6, 6.07) is 4.66. The summed E-state index contributed by atoms with van der Waals surface area (Å²) in [4.78, 5) is 0. The number of benzene rings is 1. The number of anilines is 1. The highest BCUT2D eigenvalue weighted by Gasteiger charge is 2.15. The van der Waals surface area contributed by atoms with Gasteiger partial charge in [0.15, 0.2) is 5.11 Å². The number of nitrogens with one attached hydrogen (secondary N) is 2. The molecular formula is C16H20ClFN4S. The van der Waals surface area contributed by atoms with Crippen LogP contribution in [0.2, 0.25) is 5.02 Å². The van der Waals surface area contributed by atoms with Gasteiger partial charge in [-0.2, -0.15) is 5.10 Å². The number of thiocarbonyl (C=S) groups is 1. The number of hydrogen-bond donors (Lipinski definition) is 2. The molecule has 0 spiro atoms. The lowest BCUT2D eigenvalue weighted by molar-refractivity contribution is 0.579. The van der Waals surface area contributed by atoms with E-state index < -0.39 is 0 Å². The second-order valence-electron chi connectivity index (χ2n) is 5.28. The molecule has 1 aromatic carbocycles. The largest absolute Gasteiger partial charge is 0.362 e. The van der Waals surface area contributed by atoms with Gasteiger partial charge in [-0.3, -0.25) is 4.68 Å². The van der Waals surface area contributed by atoms with Gasteiger partial charge in [0.2, 0.25) is 0 Å². The number of hydrogen-bond acceptors (Lipinski definition) is 2. The average Bonchev–Trinajstić information content (AvgIpc) is 2.76. The molecule has 1 heterocycles.